The van der Waals surface area contributed by atoms with Crippen molar-refractivity contribution in [2.75, 3.05) is 0 Å². The van der Waals surface area contributed by atoms with Crippen LogP contribution < -0.4 is 31.9 Å². The number of aliphatic carboxylic acids is 4. The van der Waals surface area contributed by atoms with Gasteiger partial charge in [-0.15, -0.1) is 0 Å². The normalized spacial score (nSPS) is 9.94. The molecule has 0 aromatic heterocycles. The number of carboxylic acid groups (broad SMARTS) is 4. The quantitative estimate of drug-likeness (QED) is 0.258. The Morgan fingerprint density at radius 3 is 0.886 bits per heavy atom. The maximum atomic E-state index is 9.28. The van der Waals surface area contributed by atoms with E-state index in [-0.39, 0.29) is 28.0 Å². The van der Waals surface area contributed by atoms with E-state index < -0.39 is 36.7 Å². The Bertz CT molecular complexity index is 726. The van der Waals surface area contributed by atoms with Gasteiger partial charge in [0.2, 0.25) is 0 Å². The molecule has 0 aliphatic rings. The predicted molar refractivity (Wildman–Crippen MR) is 112 cm³/mol. The van der Waals surface area contributed by atoms with E-state index in [0.717, 1.165) is 0 Å². The van der Waals surface area contributed by atoms with E-state index in [0.29, 0.717) is 12.1 Å². The maximum Gasteiger partial charge on any atom is 2.00 e. The molecule has 2 rings (SSSR count). The summed E-state index contributed by atoms with van der Waals surface area (Å²) in [6.07, 6.45) is -2.06. The standard InChI is InChI=1S/2C8H11N.2C3H4O4.Cu.2H2O/c2*1-7(9)8-5-3-2-4-6-8;2*4-2(5)1-3(6)7;;;/h2*2-7H,9H2,1H3;2*1H2,(H,4,5)(H,6,7);;2*1H2/q;;;;+2;;/p-2/t2*7-;;;;;/m00...../s1. The van der Waals surface area contributed by atoms with Gasteiger partial charge in [-0.25, -0.2) is 0 Å². The number of carboxylic acids is 4. The van der Waals surface area contributed by atoms with Crippen LogP contribution >= 0.6 is 0 Å². The van der Waals surface area contributed by atoms with Crippen LogP contribution in [0.15, 0.2) is 60.7 Å². The SMILES string of the molecule is C[C@H]([NH3+])c1ccccc1.C[C@H]([NH3+])c1ccccc1.O.O.O=C([O-])CC(=O)[O-].O=C([O-])CC(=O)[O-].[Cu+2]. The Morgan fingerprint density at radius 1 is 0.600 bits per heavy atom. The summed E-state index contributed by atoms with van der Waals surface area (Å²) >= 11 is 0. The van der Waals surface area contributed by atoms with Gasteiger partial charge in [0.1, 0.15) is 12.1 Å². The van der Waals surface area contributed by atoms with Crippen molar-refractivity contribution in [1.29, 1.82) is 0 Å². The molecular weight excluding hydrogens is 516 g/mol. The van der Waals surface area contributed by atoms with Crippen LogP contribution in [0.25, 0.3) is 0 Å². The summed E-state index contributed by atoms with van der Waals surface area (Å²) in [5.74, 6) is -6.50. The number of rotatable bonds is 6. The molecule has 0 aliphatic carbocycles. The third kappa shape index (κ3) is 30.7. The first-order chi connectivity index (χ1) is 14.9. The minimum atomic E-state index is -1.63. The van der Waals surface area contributed by atoms with Crippen LogP contribution in [-0.4, -0.2) is 34.8 Å². The molecule has 0 spiro atoms. The molecule has 12 nitrogen and oxygen atoms in total. The predicted octanol–water partition coefficient (Wildman–Crippen LogP) is -5.92. The number of hydrogen-bond acceptors (Lipinski definition) is 8. The number of carbonyl (C=O) groups is 4. The third-order valence-corrected chi connectivity index (χ3v) is 3.31. The zero-order valence-electron chi connectivity index (χ0n) is 19.3. The third-order valence-electron chi connectivity index (χ3n) is 3.31. The molecule has 2 atom stereocenters. The van der Waals surface area contributed by atoms with E-state index >= 15 is 0 Å². The van der Waals surface area contributed by atoms with Gasteiger partial charge in [-0.2, -0.15) is 0 Å². The first-order valence-electron chi connectivity index (χ1n) is 9.42. The Balaban J connectivity index is -0.000000112. The first-order valence-corrected chi connectivity index (χ1v) is 9.42. The van der Waals surface area contributed by atoms with Gasteiger partial charge in [-0.1, -0.05) is 60.7 Å². The molecule has 0 saturated heterocycles. The fourth-order valence-corrected chi connectivity index (χ4v) is 1.80. The van der Waals surface area contributed by atoms with Crippen molar-refractivity contribution in [3.8, 4) is 0 Å². The van der Waals surface area contributed by atoms with Crippen LogP contribution in [0.5, 0.6) is 0 Å². The summed E-state index contributed by atoms with van der Waals surface area (Å²) in [6, 6.07) is 21.4. The fourth-order valence-electron chi connectivity index (χ4n) is 1.80. The van der Waals surface area contributed by atoms with Crippen LogP contribution in [0, 0.1) is 0 Å². The van der Waals surface area contributed by atoms with Gasteiger partial charge < -0.3 is 62.0 Å². The van der Waals surface area contributed by atoms with Gasteiger partial charge in [-0.3, -0.25) is 0 Å². The Hall–Kier alpha value is -3.32. The monoisotopic (exact) mass is 547 g/mol. The van der Waals surface area contributed by atoms with Crippen molar-refractivity contribution >= 4 is 23.9 Å². The second kappa shape index (κ2) is 25.3. The zero-order valence-corrected chi connectivity index (χ0v) is 20.3. The molecule has 2 aromatic carbocycles. The molecule has 0 fully saturated rings. The molecular formula is C22H32CuN2O10. The van der Waals surface area contributed by atoms with Gasteiger partial charge in [0.25, 0.3) is 0 Å². The van der Waals surface area contributed by atoms with Crippen molar-refractivity contribution in [3.05, 3.63) is 71.8 Å². The summed E-state index contributed by atoms with van der Waals surface area (Å²) in [6.45, 7) is 4.19. The molecule has 0 saturated carbocycles. The molecule has 0 heterocycles. The second-order valence-corrected chi connectivity index (χ2v) is 6.47. The molecule has 13 heteroatoms. The molecule has 35 heavy (non-hydrogen) atoms. The average molecular weight is 548 g/mol. The van der Waals surface area contributed by atoms with Crippen molar-refractivity contribution in [2.24, 2.45) is 0 Å². The molecule has 201 valence electrons. The number of hydrogen-bond donors (Lipinski definition) is 2. The van der Waals surface area contributed by atoms with Crippen LogP contribution in [0.3, 0.4) is 0 Å². The van der Waals surface area contributed by atoms with Crippen molar-refractivity contribution < 1.29 is 79.1 Å². The van der Waals surface area contributed by atoms with Crippen molar-refractivity contribution in [2.45, 2.75) is 38.8 Å². The summed E-state index contributed by atoms with van der Waals surface area (Å²) in [5.41, 5.74) is 10.4. The largest absolute Gasteiger partial charge is 2.00 e. The first kappa shape index (κ1) is 41.9. The van der Waals surface area contributed by atoms with Gasteiger partial charge in [0.05, 0.1) is 0 Å². The van der Waals surface area contributed by atoms with E-state index in [1.54, 1.807) is 0 Å². The molecule has 0 bridgehead atoms. The van der Waals surface area contributed by atoms with Crippen LogP contribution in [0.4, 0.5) is 0 Å². The number of carbonyl (C=O) groups excluding carboxylic acids is 4. The van der Waals surface area contributed by atoms with Crippen molar-refractivity contribution in [3.63, 3.8) is 0 Å². The van der Waals surface area contributed by atoms with E-state index in [9.17, 15) is 39.6 Å². The average Bonchev–Trinajstić information content (AvgIpc) is 2.68. The Kier molecular flexibility index (Phi) is 30.3. The van der Waals surface area contributed by atoms with Gasteiger partial charge in [0, 0.05) is 47.8 Å². The second-order valence-electron chi connectivity index (χ2n) is 6.47. The molecule has 0 amide bonds. The minimum absolute atomic E-state index is 0. The van der Waals surface area contributed by atoms with E-state index in [1.807, 2.05) is 36.4 Å². The van der Waals surface area contributed by atoms with E-state index in [4.69, 9.17) is 0 Å². The van der Waals surface area contributed by atoms with Crippen molar-refractivity contribution in [1.82, 2.24) is 0 Å². The zero-order chi connectivity index (χ0) is 25.1. The summed E-state index contributed by atoms with van der Waals surface area (Å²) < 4.78 is 0. The number of benzene rings is 2. The van der Waals surface area contributed by atoms with Crippen LogP contribution in [0.1, 0.15) is 49.9 Å². The number of quaternary nitrogens is 2. The molecule has 2 aromatic rings. The van der Waals surface area contributed by atoms with Crippen LogP contribution in [0.2, 0.25) is 0 Å². The Morgan fingerprint density at radius 2 is 0.800 bits per heavy atom. The fraction of sp³-hybridized carbons (Fsp3) is 0.273. The molecule has 1 radical (unpaired) electrons. The van der Waals surface area contributed by atoms with Gasteiger partial charge in [-0.05, 0) is 13.8 Å². The minimum Gasteiger partial charge on any atom is -0.550 e. The summed E-state index contributed by atoms with van der Waals surface area (Å²) in [4.78, 5) is 37.1. The summed E-state index contributed by atoms with van der Waals surface area (Å²) in [5, 5.41) is 37.1. The van der Waals surface area contributed by atoms with E-state index in [1.165, 1.54) is 11.1 Å². The van der Waals surface area contributed by atoms with E-state index in [2.05, 4.69) is 49.6 Å². The summed E-state index contributed by atoms with van der Waals surface area (Å²) in [7, 11) is 0. The maximum absolute atomic E-state index is 9.28. The molecule has 0 unspecified atom stereocenters. The topological polar surface area (TPSA) is 279 Å². The van der Waals surface area contributed by atoms with Crippen LogP contribution in [-0.2, 0) is 36.2 Å². The molecule has 0 aliphatic heterocycles. The van der Waals surface area contributed by atoms with Gasteiger partial charge in [0.15, 0.2) is 0 Å². The van der Waals surface area contributed by atoms with Gasteiger partial charge >= 0.3 is 17.1 Å². The Labute approximate surface area is 213 Å². The molecule has 10 N–H and O–H groups in total. The smallest absolute Gasteiger partial charge is 0.550 e.